The van der Waals surface area contributed by atoms with Gasteiger partial charge in [0.05, 0.1) is 10.9 Å². The maximum Gasteiger partial charge on any atom is 0.239 e. The van der Waals surface area contributed by atoms with E-state index in [0.29, 0.717) is 22.1 Å². The van der Waals surface area contributed by atoms with E-state index in [4.69, 9.17) is 0 Å². The third-order valence-corrected chi connectivity index (χ3v) is 5.59. The number of rotatable bonds is 6. The highest BCUT2D eigenvalue weighted by atomic mass is 32.2. The van der Waals surface area contributed by atoms with Gasteiger partial charge >= 0.3 is 0 Å². The van der Waals surface area contributed by atoms with Gasteiger partial charge in [-0.05, 0) is 37.3 Å². The van der Waals surface area contributed by atoms with Crippen LogP contribution >= 0.6 is 23.1 Å². The standard InChI is InChI=1S/C20H18FN3O2S2/c1-12(28-15-6-4-3-5-7-15)19(26)24-20-23-18(11-27-20)16-9-8-14(10-17(16)21)22-13(2)25/h3-12H,1-2H3,(H,22,25)(H,23,24,26). The van der Waals surface area contributed by atoms with Gasteiger partial charge in [0.15, 0.2) is 5.13 Å². The van der Waals surface area contributed by atoms with Crippen molar-refractivity contribution in [1.29, 1.82) is 0 Å². The fraction of sp³-hybridized carbons (Fsp3) is 0.150. The summed E-state index contributed by atoms with van der Waals surface area (Å²) < 4.78 is 14.4. The number of carbonyl (C=O) groups is 2. The molecule has 1 aromatic heterocycles. The van der Waals surface area contributed by atoms with Crippen molar-refractivity contribution in [3.63, 3.8) is 0 Å². The molecule has 1 atom stereocenters. The average molecular weight is 416 g/mol. The second-order valence-corrected chi connectivity index (χ2v) is 8.25. The van der Waals surface area contributed by atoms with E-state index in [1.165, 1.54) is 36.1 Å². The van der Waals surface area contributed by atoms with Gasteiger partial charge in [0.25, 0.3) is 0 Å². The van der Waals surface area contributed by atoms with Crippen molar-refractivity contribution in [1.82, 2.24) is 4.98 Å². The predicted octanol–water partition coefficient (Wildman–Crippen LogP) is 5.03. The molecule has 0 radical (unpaired) electrons. The summed E-state index contributed by atoms with van der Waals surface area (Å²) in [7, 11) is 0. The second kappa shape index (κ2) is 8.99. The molecule has 0 saturated heterocycles. The van der Waals surface area contributed by atoms with Gasteiger partial charge < -0.3 is 10.6 Å². The van der Waals surface area contributed by atoms with Crippen LogP contribution in [0.1, 0.15) is 13.8 Å². The Kier molecular flexibility index (Phi) is 6.43. The predicted molar refractivity (Wildman–Crippen MR) is 112 cm³/mol. The summed E-state index contributed by atoms with van der Waals surface area (Å²) in [5, 5.41) is 7.10. The van der Waals surface area contributed by atoms with Crippen LogP contribution in [0.2, 0.25) is 0 Å². The summed E-state index contributed by atoms with van der Waals surface area (Å²) in [6.07, 6.45) is 0. The van der Waals surface area contributed by atoms with Gasteiger partial charge in [0, 0.05) is 28.5 Å². The number of amides is 2. The molecule has 8 heteroatoms. The molecule has 144 valence electrons. The van der Waals surface area contributed by atoms with Crippen LogP contribution in [0.25, 0.3) is 11.3 Å². The van der Waals surface area contributed by atoms with Crippen LogP contribution in [0, 0.1) is 5.82 Å². The number of thioether (sulfide) groups is 1. The molecule has 2 amide bonds. The van der Waals surface area contributed by atoms with Crippen LogP contribution in [0.15, 0.2) is 58.8 Å². The van der Waals surface area contributed by atoms with Crippen molar-refractivity contribution in [3.8, 4) is 11.3 Å². The van der Waals surface area contributed by atoms with E-state index in [2.05, 4.69) is 15.6 Å². The first-order chi connectivity index (χ1) is 13.4. The van der Waals surface area contributed by atoms with Crippen LogP contribution in [0.5, 0.6) is 0 Å². The summed E-state index contributed by atoms with van der Waals surface area (Å²) in [6, 6.07) is 14.1. The Labute approximate surface area is 170 Å². The minimum Gasteiger partial charge on any atom is -0.326 e. The van der Waals surface area contributed by atoms with E-state index in [1.54, 1.807) is 17.5 Å². The van der Waals surface area contributed by atoms with E-state index >= 15 is 0 Å². The first-order valence-electron chi connectivity index (χ1n) is 8.48. The molecular weight excluding hydrogens is 397 g/mol. The molecule has 0 aliphatic rings. The van der Waals surface area contributed by atoms with Crippen molar-refractivity contribution in [3.05, 3.63) is 59.7 Å². The SMILES string of the molecule is CC(=O)Nc1ccc(-c2csc(NC(=O)C(C)Sc3ccccc3)n2)c(F)c1. The molecule has 1 heterocycles. The van der Waals surface area contributed by atoms with E-state index < -0.39 is 5.82 Å². The average Bonchev–Trinajstić information content (AvgIpc) is 3.10. The zero-order valence-electron chi connectivity index (χ0n) is 15.2. The maximum absolute atomic E-state index is 14.4. The minimum atomic E-state index is -0.498. The number of nitrogens with zero attached hydrogens (tertiary/aromatic N) is 1. The lowest BCUT2D eigenvalue weighted by atomic mass is 10.1. The molecule has 2 aromatic carbocycles. The first-order valence-corrected chi connectivity index (χ1v) is 10.2. The number of nitrogens with one attached hydrogen (secondary N) is 2. The van der Waals surface area contributed by atoms with Gasteiger partial charge in [0.2, 0.25) is 11.8 Å². The summed E-state index contributed by atoms with van der Waals surface area (Å²) in [4.78, 5) is 28.8. The summed E-state index contributed by atoms with van der Waals surface area (Å²) in [6.45, 7) is 3.18. The zero-order chi connectivity index (χ0) is 20.1. The molecule has 3 aromatic rings. The smallest absolute Gasteiger partial charge is 0.239 e. The Morgan fingerprint density at radius 1 is 1.14 bits per heavy atom. The molecule has 0 aliphatic carbocycles. The lowest BCUT2D eigenvalue weighted by molar-refractivity contribution is -0.115. The molecule has 0 fully saturated rings. The van der Waals surface area contributed by atoms with E-state index in [1.807, 2.05) is 37.3 Å². The van der Waals surface area contributed by atoms with Crippen molar-refractivity contribution in [2.45, 2.75) is 24.0 Å². The third-order valence-electron chi connectivity index (χ3n) is 3.73. The molecule has 3 rings (SSSR count). The molecule has 2 N–H and O–H groups in total. The lowest BCUT2D eigenvalue weighted by Crippen LogP contribution is -2.22. The highest BCUT2D eigenvalue weighted by molar-refractivity contribution is 8.00. The van der Waals surface area contributed by atoms with Gasteiger partial charge in [0.1, 0.15) is 5.82 Å². The normalized spacial score (nSPS) is 11.7. The second-order valence-electron chi connectivity index (χ2n) is 5.98. The van der Waals surface area contributed by atoms with E-state index in [-0.39, 0.29) is 17.1 Å². The summed E-state index contributed by atoms with van der Waals surface area (Å²) in [5.41, 5.74) is 1.11. The molecule has 5 nitrogen and oxygen atoms in total. The Bertz CT molecular complexity index is 992. The molecule has 0 saturated carbocycles. The van der Waals surface area contributed by atoms with E-state index in [9.17, 15) is 14.0 Å². The topological polar surface area (TPSA) is 71.1 Å². The lowest BCUT2D eigenvalue weighted by Gasteiger charge is -2.10. The minimum absolute atomic E-state index is 0.170. The van der Waals surface area contributed by atoms with Crippen LogP contribution in [0.4, 0.5) is 15.2 Å². The Hall–Kier alpha value is -2.71. The van der Waals surface area contributed by atoms with Crippen molar-refractivity contribution < 1.29 is 14.0 Å². The van der Waals surface area contributed by atoms with Crippen molar-refractivity contribution in [2.24, 2.45) is 0 Å². The molecular formula is C20H18FN3O2S2. The number of hydrogen-bond acceptors (Lipinski definition) is 5. The number of hydrogen-bond donors (Lipinski definition) is 2. The molecule has 0 bridgehead atoms. The van der Waals surface area contributed by atoms with Gasteiger partial charge in [-0.3, -0.25) is 9.59 Å². The van der Waals surface area contributed by atoms with Gasteiger partial charge in [-0.15, -0.1) is 23.1 Å². The Morgan fingerprint density at radius 2 is 1.89 bits per heavy atom. The molecule has 0 spiro atoms. The maximum atomic E-state index is 14.4. The van der Waals surface area contributed by atoms with Crippen molar-refractivity contribution >= 4 is 45.7 Å². The van der Waals surface area contributed by atoms with Crippen LogP contribution in [-0.4, -0.2) is 22.0 Å². The number of benzene rings is 2. The van der Waals surface area contributed by atoms with E-state index in [0.717, 1.165) is 4.90 Å². The van der Waals surface area contributed by atoms with Crippen LogP contribution in [-0.2, 0) is 9.59 Å². The quantitative estimate of drug-likeness (QED) is 0.554. The molecule has 28 heavy (non-hydrogen) atoms. The summed E-state index contributed by atoms with van der Waals surface area (Å²) in [5.74, 6) is -0.938. The van der Waals surface area contributed by atoms with Gasteiger partial charge in [-0.2, -0.15) is 0 Å². The number of anilines is 2. The molecule has 1 unspecified atom stereocenters. The van der Waals surface area contributed by atoms with Crippen LogP contribution in [0.3, 0.4) is 0 Å². The monoisotopic (exact) mass is 415 g/mol. The Morgan fingerprint density at radius 3 is 2.57 bits per heavy atom. The zero-order valence-corrected chi connectivity index (χ0v) is 16.9. The Balaban J connectivity index is 1.67. The highest BCUT2D eigenvalue weighted by Crippen LogP contribution is 2.29. The number of halogens is 1. The summed E-state index contributed by atoms with van der Waals surface area (Å²) >= 11 is 2.68. The number of aromatic nitrogens is 1. The fourth-order valence-electron chi connectivity index (χ4n) is 2.42. The molecule has 0 aliphatic heterocycles. The van der Waals surface area contributed by atoms with Gasteiger partial charge in [-0.1, -0.05) is 18.2 Å². The van der Waals surface area contributed by atoms with Crippen LogP contribution < -0.4 is 10.6 Å². The first kappa shape index (κ1) is 20.0. The number of carbonyl (C=O) groups excluding carboxylic acids is 2. The van der Waals surface area contributed by atoms with Gasteiger partial charge in [-0.25, -0.2) is 9.37 Å². The van der Waals surface area contributed by atoms with Crippen molar-refractivity contribution in [2.75, 3.05) is 10.6 Å². The number of thiazole rings is 1. The largest absolute Gasteiger partial charge is 0.326 e. The highest BCUT2D eigenvalue weighted by Gasteiger charge is 2.17. The third kappa shape index (κ3) is 5.17. The fourth-order valence-corrected chi connectivity index (χ4v) is 4.02.